The van der Waals surface area contributed by atoms with Crippen LogP contribution in [0.3, 0.4) is 0 Å². The molecule has 1 heterocycles. The molecule has 2 N–H and O–H groups in total. The van der Waals surface area contributed by atoms with Crippen LogP contribution in [0, 0.1) is 17.1 Å². The number of anilines is 1. The molecule has 0 aliphatic rings. The quantitative estimate of drug-likeness (QED) is 0.895. The van der Waals surface area contributed by atoms with Gasteiger partial charge in [0.1, 0.15) is 29.1 Å². The second-order valence-electron chi connectivity index (χ2n) is 4.74. The molecular weight excluding hydrogens is 243 g/mol. The SMILES string of the molecule is CC(C)(c1ccc(F)cc1)c1ncc(C#N)c(N)n1. The average molecular weight is 256 g/mol. The molecule has 0 aliphatic carbocycles. The van der Waals surface area contributed by atoms with Crippen molar-refractivity contribution in [3.05, 3.63) is 53.2 Å². The van der Waals surface area contributed by atoms with E-state index in [1.807, 2.05) is 19.9 Å². The monoisotopic (exact) mass is 256 g/mol. The Bertz CT molecular complexity index is 641. The summed E-state index contributed by atoms with van der Waals surface area (Å²) in [6, 6.07) is 8.08. The van der Waals surface area contributed by atoms with Gasteiger partial charge in [0.05, 0.1) is 6.20 Å². The number of halogens is 1. The minimum Gasteiger partial charge on any atom is -0.382 e. The van der Waals surface area contributed by atoms with Gasteiger partial charge >= 0.3 is 0 Å². The highest BCUT2D eigenvalue weighted by Crippen LogP contribution is 2.29. The molecule has 0 fully saturated rings. The summed E-state index contributed by atoms with van der Waals surface area (Å²) in [6.07, 6.45) is 1.41. The smallest absolute Gasteiger partial charge is 0.145 e. The zero-order chi connectivity index (χ0) is 14.0. The van der Waals surface area contributed by atoms with E-state index < -0.39 is 5.41 Å². The highest BCUT2D eigenvalue weighted by molar-refractivity contribution is 5.47. The summed E-state index contributed by atoms with van der Waals surface area (Å²) in [6.45, 7) is 3.84. The van der Waals surface area contributed by atoms with Crippen LogP contribution in [0.25, 0.3) is 0 Å². The number of hydrogen-bond acceptors (Lipinski definition) is 4. The van der Waals surface area contributed by atoms with Crippen LogP contribution in [0.4, 0.5) is 10.2 Å². The van der Waals surface area contributed by atoms with Crippen molar-refractivity contribution >= 4 is 5.82 Å². The Labute approximate surface area is 110 Å². The molecule has 96 valence electrons. The molecule has 0 aliphatic heterocycles. The highest BCUT2D eigenvalue weighted by atomic mass is 19.1. The number of nitriles is 1. The second kappa shape index (κ2) is 4.65. The predicted molar refractivity (Wildman–Crippen MR) is 69.7 cm³/mol. The first-order chi connectivity index (χ1) is 8.95. The summed E-state index contributed by atoms with van der Waals surface area (Å²) in [5, 5.41) is 8.81. The number of benzene rings is 1. The largest absolute Gasteiger partial charge is 0.382 e. The number of nitrogens with zero attached hydrogens (tertiary/aromatic N) is 3. The van der Waals surface area contributed by atoms with Crippen molar-refractivity contribution in [3.63, 3.8) is 0 Å². The molecule has 1 aromatic heterocycles. The third-order valence-corrected chi connectivity index (χ3v) is 3.06. The maximum Gasteiger partial charge on any atom is 0.145 e. The van der Waals surface area contributed by atoms with Crippen LogP contribution >= 0.6 is 0 Å². The molecule has 5 heteroatoms. The molecule has 0 atom stereocenters. The van der Waals surface area contributed by atoms with E-state index in [0.29, 0.717) is 5.82 Å². The lowest BCUT2D eigenvalue weighted by Gasteiger charge is -2.23. The van der Waals surface area contributed by atoms with Crippen LogP contribution in [0.1, 0.15) is 30.8 Å². The summed E-state index contributed by atoms with van der Waals surface area (Å²) >= 11 is 0. The first kappa shape index (κ1) is 13.0. The first-order valence-electron chi connectivity index (χ1n) is 5.74. The molecule has 0 spiro atoms. The van der Waals surface area contributed by atoms with Gasteiger partial charge in [0, 0.05) is 5.41 Å². The lowest BCUT2D eigenvalue weighted by molar-refractivity contribution is 0.584. The van der Waals surface area contributed by atoms with Crippen LogP contribution < -0.4 is 5.73 Å². The summed E-state index contributed by atoms with van der Waals surface area (Å²) in [4.78, 5) is 8.34. The van der Waals surface area contributed by atoms with E-state index in [9.17, 15) is 4.39 Å². The Morgan fingerprint density at radius 2 is 1.89 bits per heavy atom. The van der Waals surface area contributed by atoms with Crippen molar-refractivity contribution in [1.82, 2.24) is 9.97 Å². The first-order valence-corrected chi connectivity index (χ1v) is 5.74. The molecule has 1 aromatic carbocycles. The zero-order valence-electron chi connectivity index (χ0n) is 10.7. The van der Waals surface area contributed by atoms with Gasteiger partial charge < -0.3 is 5.73 Å². The average Bonchev–Trinajstić information content (AvgIpc) is 2.39. The Morgan fingerprint density at radius 1 is 1.26 bits per heavy atom. The van der Waals surface area contributed by atoms with Gasteiger partial charge in [-0.15, -0.1) is 0 Å². The third kappa shape index (κ3) is 2.38. The topological polar surface area (TPSA) is 75.6 Å². The molecule has 19 heavy (non-hydrogen) atoms. The molecule has 0 saturated heterocycles. The fourth-order valence-electron chi connectivity index (χ4n) is 1.78. The lowest BCUT2D eigenvalue weighted by atomic mass is 9.83. The van der Waals surface area contributed by atoms with Gasteiger partial charge in [0.2, 0.25) is 0 Å². The minimum absolute atomic E-state index is 0.155. The normalized spacial score (nSPS) is 11.1. The van der Waals surface area contributed by atoms with E-state index in [1.54, 1.807) is 12.1 Å². The fourth-order valence-corrected chi connectivity index (χ4v) is 1.78. The number of aromatic nitrogens is 2. The Kier molecular flexibility index (Phi) is 3.17. The zero-order valence-corrected chi connectivity index (χ0v) is 10.7. The van der Waals surface area contributed by atoms with Crippen LogP contribution in [-0.4, -0.2) is 9.97 Å². The summed E-state index contributed by atoms with van der Waals surface area (Å²) in [5.41, 5.74) is 6.30. The number of nitrogens with two attached hydrogens (primary N) is 1. The van der Waals surface area contributed by atoms with E-state index in [4.69, 9.17) is 11.0 Å². The third-order valence-electron chi connectivity index (χ3n) is 3.06. The van der Waals surface area contributed by atoms with Crippen molar-refractivity contribution in [2.45, 2.75) is 19.3 Å². The predicted octanol–water partition coefficient (Wildman–Crippen LogP) is 2.40. The molecule has 0 bridgehead atoms. The van der Waals surface area contributed by atoms with Gasteiger partial charge in [0.15, 0.2) is 0 Å². The van der Waals surface area contributed by atoms with E-state index in [2.05, 4.69) is 9.97 Å². The van der Waals surface area contributed by atoms with Gasteiger partial charge in [-0.05, 0) is 31.5 Å². The summed E-state index contributed by atoms with van der Waals surface area (Å²) in [7, 11) is 0. The molecular formula is C14H13FN4. The molecule has 0 radical (unpaired) electrons. The van der Waals surface area contributed by atoms with Gasteiger partial charge in [-0.3, -0.25) is 0 Å². The minimum atomic E-state index is -0.518. The van der Waals surface area contributed by atoms with Crippen LogP contribution in [-0.2, 0) is 5.41 Å². The van der Waals surface area contributed by atoms with Crippen molar-refractivity contribution in [2.24, 2.45) is 0 Å². The Balaban J connectivity index is 2.47. The van der Waals surface area contributed by atoms with Gasteiger partial charge in [-0.2, -0.15) is 5.26 Å². The van der Waals surface area contributed by atoms with Gasteiger partial charge in [-0.25, -0.2) is 14.4 Å². The number of nitrogen functional groups attached to an aromatic ring is 1. The van der Waals surface area contributed by atoms with E-state index >= 15 is 0 Å². The summed E-state index contributed by atoms with van der Waals surface area (Å²) < 4.78 is 13.0. The molecule has 0 saturated carbocycles. The van der Waals surface area contributed by atoms with Gasteiger partial charge in [-0.1, -0.05) is 12.1 Å². The standard InChI is InChI=1S/C14H13FN4/c1-14(2,10-3-5-11(15)6-4-10)13-18-8-9(7-16)12(17)19-13/h3-6,8H,1-2H3,(H2,17,18,19). The lowest BCUT2D eigenvalue weighted by Crippen LogP contribution is -2.23. The van der Waals surface area contributed by atoms with E-state index in [1.165, 1.54) is 18.3 Å². The Hall–Kier alpha value is -2.48. The molecule has 2 aromatic rings. The van der Waals surface area contributed by atoms with Crippen LogP contribution in [0.5, 0.6) is 0 Å². The van der Waals surface area contributed by atoms with Crippen molar-refractivity contribution in [3.8, 4) is 6.07 Å². The van der Waals surface area contributed by atoms with Crippen molar-refractivity contribution in [1.29, 1.82) is 5.26 Å². The Morgan fingerprint density at radius 3 is 2.42 bits per heavy atom. The maximum absolute atomic E-state index is 13.0. The van der Waals surface area contributed by atoms with Crippen molar-refractivity contribution < 1.29 is 4.39 Å². The molecule has 0 unspecified atom stereocenters. The maximum atomic E-state index is 13.0. The van der Waals surface area contributed by atoms with Crippen LogP contribution in [0.15, 0.2) is 30.5 Å². The highest BCUT2D eigenvalue weighted by Gasteiger charge is 2.27. The molecule has 0 amide bonds. The summed E-state index contributed by atoms with van der Waals surface area (Å²) in [5.74, 6) is 0.359. The van der Waals surface area contributed by atoms with Crippen molar-refractivity contribution in [2.75, 3.05) is 5.73 Å². The van der Waals surface area contributed by atoms with E-state index in [0.717, 1.165) is 5.56 Å². The second-order valence-corrected chi connectivity index (χ2v) is 4.74. The number of hydrogen-bond donors (Lipinski definition) is 1. The van der Waals surface area contributed by atoms with Crippen LogP contribution in [0.2, 0.25) is 0 Å². The van der Waals surface area contributed by atoms with E-state index in [-0.39, 0.29) is 17.2 Å². The number of rotatable bonds is 2. The molecule has 2 rings (SSSR count). The fraction of sp³-hybridized carbons (Fsp3) is 0.214. The molecule has 4 nitrogen and oxygen atoms in total. The van der Waals surface area contributed by atoms with Gasteiger partial charge in [0.25, 0.3) is 0 Å².